The summed E-state index contributed by atoms with van der Waals surface area (Å²) < 4.78 is 26.7. The van der Waals surface area contributed by atoms with Gasteiger partial charge >= 0.3 is 0 Å². The Morgan fingerprint density at radius 2 is 2.11 bits per heavy atom. The molecule has 0 radical (unpaired) electrons. The lowest BCUT2D eigenvalue weighted by Gasteiger charge is -2.21. The number of rotatable bonds is 6. The molecular formula is C13H23N3O2S. The third-order valence-electron chi connectivity index (χ3n) is 3.80. The van der Waals surface area contributed by atoms with Gasteiger partial charge in [0.1, 0.15) is 5.82 Å². The van der Waals surface area contributed by atoms with Crippen molar-refractivity contribution < 1.29 is 8.42 Å². The fourth-order valence-corrected chi connectivity index (χ4v) is 3.60. The van der Waals surface area contributed by atoms with Gasteiger partial charge in [-0.25, -0.2) is 18.1 Å². The van der Waals surface area contributed by atoms with E-state index in [-0.39, 0.29) is 5.03 Å². The van der Waals surface area contributed by atoms with E-state index >= 15 is 0 Å². The lowest BCUT2D eigenvalue weighted by molar-refractivity contribution is 0.339. The summed E-state index contributed by atoms with van der Waals surface area (Å²) in [6.45, 7) is 2.46. The molecule has 108 valence electrons. The van der Waals surface area contributed by atoms with Crippen molar-refractivity contribution in [2.75, 3.05) is 6.54 Å². The van der Waals surface area contributed by atoms with Crippen molar-refractivity contribution in [3.8, 4) is 0 Å². The van der Waals surface area contributed by atoms with Crippen LogP contribution in [0.25, 0.3) is 0 Å². The van der Waals surface area contributed by atoms with Gasteiger partial charge < -0.3 is 4.98 Å². The fraction of sp³-hybridized carbons (Fsp3) is 0.769. The molecule has 1 aromatic heterocycles. The highest BCUT2D eigenvalue weighted by molar-refractivity contribution is 7.89. The van der Waals surface area contributed by atoms with E-state index < -0.39 is 10.0 Å². The third kappa shape index (κ3) is 4.04. The van der Waals surface area contributed by atoms with Crippen LogP contribution in [0.3, 0.4) is 0 Å². The second kappa shape index (κ2) is 6.52. The number of H-pyrrole nitrogens is 1. The molecule has 0 aromatic carbocycles. The maximum absolute atomic E-state index is 12.0. The van der Waals surface area contributed by atoms with Crippen LogP contribution in [-0.4, -0.2) is 24.9 Å². The van der Waals surface area contributed by atoms with Crippen molar-refractivity contribution >= 4 is 10.0 Å². The lowest BCUT2D eigenvalue weighted by Crippen LogP contribution is -2.27. The number of hydrogen-bond donors (Lipinski definition) is 2. The summed E-state index contributed by atoms with van der Waals surface area (Å²) in [6.07, 6.45) is 9.43. The highest BCUT2D eigenvalue weighted by atomic mass is 32.2. The first-order valence-corrected chi connectivity index (χ1v) is 8.63. The predicted octanol–water partition coefficient (Wildman–Crippen LogP) is 2.22. The molecule has 19 heavy (non-hydrogen) atoms. The summed E-state index contributed by atoms with van der Waals surface area (Å²) in [7, 11) is -3.42. The molecule has 1 aliphatic carbocycles. The van der Waals surface area contributed by atoms with E-state index in [0.717, 1.165) is 6.42 Å². The molecule has 2 rings (SSSR count). The molecule has 0 aliphatic heterocycles. The molecule has 1 heterocycles. The number of imidazole rings is 1. The largest absolute Gasteiger partial charge is 0.332 e. The molecule has 1 aliphatic rings. The summed E-state index contributed by atoms with van der Waals surface area (Å²) in [5, 5.41) is 0.174. The zero-order valence-corrected chi connectivity index (χ0v) is 12.3. The van der Waals surface area contributed by atoms with Crippen LogP contribution in [0, 0.1) is 5.92 Å². The van der Waals surface area contributed by atoms with E-state index in [0.29, 0.717) is 24.7 Å². The average Bonchev–Trinajstić information content (AvgIpc) is 2.89. The molecule has 1 aromatic rings. The Balaban J connectivity index is 1.83. The predicted molar refractivity (Wildman–Crippen MR) is 74.3 cm³/mol. The van der Waals surface area contributed by atoms with Crippen LogP contribution < -0.4 is 4.72 Å². The SMILES string of the molecule is CCc1ncc(S(=O)(=O)NCCC2CCCCC2)[nH]1. The number of hydrogen-bond acceptors (Lipinski definition) is 3. The average molecular weight is 285 g/mol. The summed E-state index contributed by atoms with van der Waals surface area (Å²) in [5.41, 5.74) is 0. The van der Waals surface area contributed by atoms with E-state index in [1.54, 1.807) is 0 Å². The second-order valence-corrected chi connectivity index (χ2v) is 6.97. The van der Waals surface area contributed by atoms with Crippen LogP contribution in [0.15, 0.2) is 11.2 Å². The van der Waals surface area contributed by atoms with Gasteiger partial charge in [-0.05, 0) is 12.3 Å². The molecule has 0 spiro atoms. The maximum atomic E-state index is 12.0. The molecule has 6 heteroatoms. The molecule has 0 amide bonds. The van der Waals surface area contributed by atoms with Gasteiger partial charge in [-0.15, -0.1) is 0 Å². The van der Waals surface area contributed by atoms with Gasteiger partial charge in [0, 0.05) is 13.0 Å². The van der Waals surface area contributed by atoms with Gasteiger partial charge in [0.25, 0.3) is 10.0 Å². The maximum Gasteiger partial charge on any atom is 0.257 e. The van der Waals surface area contributed by atoms with Crippen LogP contribution in [-0.2, 0) is 16.4 Å². The van der Waals surface area contributed by atoms with E-state index in [1.165, 1.54) is 38.3 Å². The molecule has 0 saturated heterocycles. The molecule has 1 saturated carbocycles. The normalized spacial score (nSPS) is 17.7. The third-order valence-corrected chi connectivity index (χ3v) is 5.17. The Morgan fingerprint density at radius 1 is 1.37 bits per heavy atom. The topological polar surface area (TPSA) is 74.8 Å². The van der Waals surface area contributed by atoms with Gasteiger partial charge in [0.15, 0.2) is 5.03 Å². The molecule has 5 nitrogen and oxygen atoms in total. The Morgan fingerprint density at radius 3 is 2.74 bits per heavy atom. The van der Waals surface area contributed by atoms with Gasteiger partial charge in [-0.3, -0.25) is 0 Å². The first-order valence-electron chi connectivity index (χ1n) is 7.15. The highest BCUT2D eigenvalue weighted by Crippen LogP contribution is 2.25. The zero-order chi connectivity index (χ0) is 13.7. The molecular weight excluding hydrogens is 262 g/mol. The fourth-order valence-electron chi connectivity index (χ4n) is 2.61. The van der Waals surface area contributed by atoms with E-state index in [9.17, 15) is 8.42 Å². The minimum atomic E-state index is -3.42. The zero-order valence-electron chi connectivity index (χ0n) is 11.5. The Kier molecular flexibility index (Phi) is 4.99. The van der Waals surface area contributed by atoms with Crippen LogP contribution in [0.1, 0.15) is 51.3 Å². The standard InChI is InChI=1S/C13H23N3O2S/c1-2-12-14-10-13(16-12)19(17,18)15-9-8-11-6-4-3-5-7-11/h10-11,15H,2-9H2,1H3,(H,14,16). The van der Waals surface area contributed by atoms with Gasteiger partial charge in [-0.2, -0.15) is 0 Å². The highest BCUT2D eigenvalue weighted by Gasteiger charge is 2.18. The van der Waals surface area contributed by atoms with Crippen molar-refractivity contribution in [1.82, 2.24) is 14.7 Å². The molecule has 2 N–H and O–H groups in total. The van der Waals surface area contributed by atoms with Gasteiger partial charge in [0.2, 0.25) is 0 Å². The van der Waals surface area contributed by atoms with Gasteiger partial charge in [-0.1, -0.05) is 39.0 Å². The Bertz CT molecular complexity index is 490. The lowest BCUT2D eigenvalue weighted by atomic mass is 9.87. The summed E-state index contributed by atoms with van der Waals surface area (Å²) in [6, 6.07) is 0. The summed E-state index contributed by atoms with van der Waals surface area (Å²) in [5.74, 6) is 1.39. The van der Waals surface area contributed by atoms with E-state index in [4.69, 9.17) is 0 Å². The van der Waals surface area contributed by atoms with E-state index in [2.05, 4.69) is 14.7 Å². The number of sulfonamides is 1. The molecule has 0 atom stereocenters. The van der Waals surface area contributed by atoms with Crippen LogP contribution >= 0.6 is 0 Å². The Hall–Kier alpha value is -0.880. The number of nitrogens with zero attached hydrogens (tertiary/aromatic N) is 1. The van der Waals surface area contributed by atoms with Crippen LogP contribution in [0.4, 0.5) is 0 Å². The first-order chi connectivity index (χ1) is 9.12. The monoisotopic (exact) mass is 285 g/mol. The number of nitrogens with one attached hydrogen (secondary N) is 2. The van der Waals surface area contributed by atoms with E-state index in [1.807, 2.05) is 6.92 Å². The molecule has 0 bridgehead atoms. The minimum absolute atomic E-state index is 0.174. The van der Waals surface area contributed by atoms with Crippen molar-refractivity contribution in [2.45, 2.75) is 56.9 Å². The van der Waals surface area contributed by atoms with Crippen molar-refractivity contribution in [2.24, 2.45) is 5.92 Å². The number of aromatic amines is 1. The number of aromatic nitrogens is 2. The van der Waals surface area contributed by atoms with Gasteiger partial charge in [0.05, 0.1) is 6.20 Å². The van der Waals surface area contributed by atoms with Crippen molar-refractivity contribution in [3.63, 3.8) is 0 Å². The molecule has 1 fully saturated rings. The molecule has 0 unspecified atom stereocenters. The summed E-state index contributed by atoms with van der Waals surface area (Å²) in [4.78, 5) is 6.85. The Labute approximate surface area is 115 Å². The summed E-state index contributed by atoms with van der Waals surface area (Å²) >= 11 is 0. The van der Waals surface area contributed by atoms with Crippen molar-refractivity contribution in [3.05, 3.63) is 12.0 Å². The first kappa shape index (κ1) is 14.5. The minimum Gasteiger partial charge on any atom is -0.332 e. The van der Waals surface area contributed by atoms with Crippen LogP contribution in [0.5, 0.6) is 0 Å². The quantitative estimate of drug-likeness (QED) is 0.841. The second-order valence-electron chi connectivity index (χ2n) is 5.24. The smallest absolute Gasteiger partial charge is 0.257 e. The number of aryl methyl sites for hydroxylation is 1. The van der Waals surface area contributed by atoms with Crippen molar-refractivity contribution in [1.29, 1.82) is 0 Å². The van der Waals surface area contributed by atoms with Crippen LogP contribution in [0.2, 0.25) is 0 Å².